The minimum atomic E-state index is -3.46. The maximum atomic E-state index is 12.8. The molecular formula is C17H27N3O3S2. The number of hydrogen-bond acceptors (Lipinski definition) is 6. The molecule has 0 aromatic carbocycles. The zero-order valence-electron chi connectivity index (χ0n) is 14.9. The van der Waals surface area contributed by atoms with Crippen molar-refractivity contribution in [2.45, 2.75) is 43.5 Å². The standard InChI is InChI=1S/C17H27N3O3S2/c1-13(20-9-3-15-14(12-20)4-10-24-15)11-19-16(21)17(25(2,22)23)5-7-18-8-6-17/h4,10,13,18H,3,5-9,11-12H2,1-2H3,(H,19,21). The second kappa shape index (κ2) is 7.34. The lowest BCUT2D eigenvalue weighted by molar-refractivity contribution is -0.124. The fourth-order valence-corrected chi connectivity index (χ4v) is 6.02. The zero-order valence-corrected chi connectivity index (χ0v) is 16.5. The number of fused-ring (bicyclic) bond motifs is 1. The van der Waals surface area contributed by atoms with Crippen molar-refractivity contribution in [2.24, 2.45) is 0 Å². The Labute approximate surface area is 153 Å². The predicted octanol–water partition coefficient (Wildman–Crippen LogP) is 0.778. The number of thiophene rings is 1. The summed E-state index contributed by atoms with van der Waals surface area (Å²) in [6.07, 6.45) is 2.91. The molecule has 0 spiro atoms. The van der Waals surface area contributed by atoms with E-state index in [1.807, 2.05) is 11.3 Å². The molecule has 1 atom stereocenters. The highest BCUT2D eigenvalue weighted by Crippen LogP contribution is 2.28. The van der Waals surface area contributed by atoms with Crippen molar-refractivity contribution < 1.29 is 13.2 Å². The average molecular weight is 386 g/mol. The summed E-state index contributed by atoms with van der Waals surface area (Å²) in [7, 11) is -3.46. The lowest BCUT2D eigenvalue weighted by atomic mass is 9.95. The van der Waals surface area contributed by atoms with E-state index < -0.39 is 14.6 Å². The van der Waals surface area contributed by atoms with Gasteiger partial charge in [-0.3, -0.25) is 9.69 Å². The van der Waals surface area contributed by atoms with Crippen LogP contribution in [0, 0.1) is 0 Å². The molecule has 8 heteroatoms. The van der Waals surface area contributed by atoms with E-state index in [0.717, 1.165) is 19.5 Å². The summed E-state index contributed by atoms with van der Waals surface area (Å²) in [4.78, 5) is 16.6. The maximum Gasteiger partial charge on any atom is 0.241 e. The van der Waals surface area contributed by atoms with Gasteiger partial charge in [-0.2, -0.15) is 0 Å². The van der Waals surface area contributed by atoms with E-state index >= 15 is 0 Å². The summed E-state index contributed by atoms with van der Waals surface area (Å²) in [5.74, 6) is -0.336. The molecule has 0 radical (unpaired) electrons. The van der Waals surface area contributed by atoms with Gasteiger partial charge in [-0.05, 0) is 56.3 Å². The monoisotopic (exact) mass is 385 g/mol. The van der Waals surface area contributed by atoms with Gasteiger partial charge in [0.25, 0.3) is 0 Å². The molecule has 1 amide bonds. The highest BCUT2D eigenvalue weighted by Gasteiger charge is 2.48. The van der Waals surface area contributed by atoms with Crippen LogP contribution in [-0.4, -0.2) is 62.4 Å². The maximum absolute atomic E-state index is 12.8. The molecule has 0 saturated carbocycles. The minimum Gasteiger partial charge on any atom is -0.353 e. The SMILES string of the molecule is CC(CNC(=O)C1(S(C)(=O)=O)CCNCC1)N1CCc2sccc2C1. The van der Waals surface area contributed by atoms with Crippen LogP contribution in [0.4, 0.5) is 0 Å². The van der Waals surface area contributed by atoms with Crippen LogP contribution in [0.5, 0.6) is 0 Å². The summed E-state index contributed by atoms with van der Waals surface area (Å²) < 4.78 is 23.3. The van der Waals surface area contributed by atoms with Crippen molar-refractivity contribution in [1.29, 1.82) is 0 Å². The van der Waals surface area contributed by atoms with Crippen LogP contribution >= 0.6 is 11.3 Å². The van der Waals surface area contributed by atoms with E-state index in [-0.39, 0.29) is 11.9 Å². The number of sulfone groups is 1. The lowest BCUT2D eigenvalue weighted by Gasteiger charge is -2.36. The number of nitrogens with zero attached hydrogens (tertiary/aromatic N) is 1. The Morgan fingerprint density at radius 1 is 1.44 bits per heavy atom. The van der Waals surface area contributed by atoms with E-state index in [9.17, 15) is 13.2 Å². The van der Waals surface area contributed by atoms with E-state index in [0.29, 0.717) is 32.5 Å². The number of piperidine rings is 1. The first-order valence-corrected chi connectivity index (χ1v) is 11.6. The van der Waals surface area contributed by atoms with E-state index in [2.05, 4.69) is 33.9 Å². The van der Waals surface area contributed by atoms with Crippen LogP contribution in [0.25, 0.3) is 0 Å². The zero-order chi connectivity index (χ0) is 18.1. The number of amides is 1. The van der Waals surface area contributed by atoms with Gasteiger partial charge >= 0.3 is 0 Å². The Bertz CT molecular complexity index is 723. The van der Waals surface area contributed by atoms with Crippen LogP contribution in [-0.2, 0) is 27.6 Å². The van der Waals surface area contributed by atoms with E-state index in [1.165, 1.54) is 16.7 Å². The molecular weight excluding hydrogens is 358 g/mol. The molecule has 0 aliphatic carbocycles. The quantitative estimate of drug-likeness (QED) is 0.783. The van der Waals surface area contributed by atoms with Gasteiger partial charge in [0.15, 0.2) is 14.6 Å². The molecule has 1 unspecified atom stereocenters. The Balaban J connectivity index is 1.61. The van der Waals surface area contributed by atoms with Crippen molar-refractivity contribution in [1.82, 2.24) is 15.5 Å². The van der Waals surface area contributed by atoms with Gasteiger partial charge in [-0.25, -0.2) is 8.42 Å². The molecule has 25 heavy (non-hydrogen) atoms. The average Bonchev–Trinajstić information content (AvgIpc) is 3.06. The van der Waals surface area contributed by atoms with Gasteiger partial charge in [0.2, 0.25) is 5.91 Å². The van der Waals surface area contributed by atoms with Crippen molar-refractivity contribution in [2.75, 3.05) is 32.4 Å². The molecule has 2 aliphatic heterocycles. The fourth-order valence-electron chi connectivity index (χ4n) is 3.77. The minimum absolute atomic E-state index is 0.176. The third-order valence-corrected chi connectivity index (χ3v) is 8.59. The first kappa shape index (κ1) is 18.8. The third-order valence-electron chi connectivity index (χ3n) is 5.55. The number of nitrogens with one attached hydrogen (secondary N) is 2. The number of carbonyl (C=O) groups excluding carboxylic acids is 1. The number of hydrogen-bond donors (Lipinski definition) is 2. The van der Waals surface area contributed by atoms with E-state index in [1.54, 1.807) is 0 Å². The van der Waals surface area contributed by atoms with Gasteiger partial charge < -0.3 is 10.6 Å². The molecule has 0 bridgehead atoms. The van der Waals surface area contributed by atoms with Gasteiger partial charge in [-0.15, -0.1) is 11.3 Å². The number of rotatable bonds is 5. The molecule has 1 aromatic heterocycles. The molecule has 3 heterocycles. The molecule has 140 valence electrons. The lowest BCUT2D eigenvalue weighted by Crippen LogP contribution is -2.58. The molecule has 3 rings (SSSR count). The molecule has 2 N–H and O–H groups in total. The van der Waals surface area contributed by atoms with Crippen molar-refractivity contribution in [3.05, 3.63) is 21.9 Å². The Morgan fingerprint density at radius 2 is 2.16 bits per heavy atom. The second-order valence-corrected chi connectivity index (χ2v) is 10.5. The van der Waals surface area contributed by atoms with Gasteiger partial charge in [-0.1, -0.05) is 0 Å². The first-order chi connectivity index (χ1) is 11.8. The van der Waals surface area contributed by atoms with E-state index in [4.69, 9.17) is 0 Å². The van der Waals surface area contributed by atoms with Crippen LogP contribution in [0.1, 0.15) is 30.2 Å². The van der Waals surface area contributed by atoms with Crippen molar-refractivity contribution in [3.8, 4) is 0 Å². The van der Waals surface area contributed by atoms with Crippen LogP contribution in [0.15, 0.2) is 11.4 Å². The summed E-state index contributed by atoms with van der Waals surface area (Å²) in [6.45, 7) is 5.56. The Hall–Kier alpha value is -0.960. The van der Waals surface area contributed by atoms with Crippen molar-refractivity contribution in [3.63, 3.8) is 0 Å². The molecule has 2 aliphatic rings. The van der Waals surface area contributed by atoms with Crippen molar-refractivity contribution >= 4 is 27.1 Å². The van der Waals surface area contributed by atoms with Crippen LogP contribution in [0.2, 0.25) is 0 Å². The predicted molar refractivity (Wildman–Crippen MR) is 101 cm³/mol. The molecule has 1 saturated heterocycles. The number of carbonyl (C=O) groups is 1. The topological polar surface area (TPSA) is 78.5 Å². The van der Waals surface area contributed by atoms with Gasteiger partial charge in [0.05, 0.1) is 0 Å². The molecule has 6 nitrogen and oxygen atoms in total. The third kappa shape index (κ3) is 3.77. The highest BCUT2D eigenvalue weighted by atomic mass is 32.2. The Kier molecular flexibility index (Phi) is 5.53. The molecule has 1 aromatic rings. The highest BCUT2D eigenvalue weighted by molar-refractivity contribution is 7.92. The largest absolute Gasteiger partial charge is 0.353 e. The Morgan fingerprint density at radius 3 is 2.84 bits per heavy atom. The normalized spacial score (nSPS) is 22.2. The smallest absolute Gasteiger partial charge is 0.241 e. The summed E-state index contributed by atoms with van der Waals surface area (Å²) in [6, 6.07) is 2.35. The fraction of sp³-hybridized carbons (Fsp3) is 0.706. The van der Waals surface area contributed by atoms with Gasteiger partial charge in [0.1, 0.15) is 0 Å². The first-order valence-electron chi connectivity index (χ1n) is 8.81. The van der Waals surface area contributed by atoms with Crippen LogP contribution in [0.3, 0.4) is 0 Å². The molecule has 1 fully saturated rings. The van der Waals surface area contributed by atoms with Gasteiger partial charge in [0, 0.05) is 36.8 Å². The van der Waals surface area contributed by atoms with Crippen LogP contribution < -0.4 is 10.6 Å². The second-order valence-electron chi connectivity index (χ2n) is 7.16. The summed E-state index contributed by atoms with van der Waals surface area (Å²) >= 11 is 1.81. The summed E-state index contributed by atoms with van der Waals surface area (Å²) in [5.41, 5.74) is 1.38. The summed E-state index contributed by atoms with van der Waals surface area (Å²) in [5, 5.41) is 8.20.